The van der Waals surface area contributed by atoms with Crippen molar-refractivity contribution >= 4 is 46.7 Å². The zero-order valence-electron chi connectivity index (χ0n) is 20.9. The van der Waals surface area contributed by atoms with Gasteiger partial charge in [0, 0.05) is 67.9 Å². The van der Waals surface area contributed by atoms with Crippen molar-refractivity contribution in [2.45, 2.75) is 44.5 Å². The fourth-order valence-electron chi connectivity index (χ4n) is 6.18. The van der Waals surface area contributed by atoms with Gasteiger partial charge in [0.05, 0.1) is 0 Å². The van der Waals surface area contributed by atoms with E-state index < -0.39 is 0 Å². The standard InChI is InChI=1S/C32H28Cl2N2S2/c33-23-9-11-31-25(19-23)27(17-21-5-1-3-7-29(21)37-31)35-13-15-36(16-14-35)28-18-22-6-2-4-8-30(22)38-32-12-10-24(34)20-26(28)32/h1-12,19-20,27-28H,13-18H2/t27-,28+. The molecule has 2 nitrogen and oxygen atoms in total. The van der Waals surface area contributed by atoms with Crippen molar-refractivity contribution in [3.05, 3.63) is 117 Å². The summed E-state index contributed by atoms with van der Waals surface area (Å²) in [5, 5.41) is 1.64. The van der Waals surface area contributed by atoms with Crippen LogP contribution in [0.25, 0.3) is 0 Å². The van der Waals surface area contributed by atoms with E-state index in [4.69, 9.17) is 23.2 Å². The SMILES string of the molecule is Clc1ccc2c(c1)[C@H](N1CCN([C@H]3Cc4ccccc4Sc4ccc(Cl)cc43)CC1)Cc1ccccc1S2. The molecular formula is C32H28Cl2N2S2. The minimum absolute atomic E-state index is 0.328. The van der Waals surface area contributed by atoms with Gasteiger partial charge in [0.15, 0.2) is 0 Å². The predicted molar refractivity (Wildman–Crippen MR) is 160 cm³/mol. The van der Waals surface area contributed by atoms with Crippen LogP contribution < -0.4 is 0 Å². The Kier molecular flexibility index (Phi) is 6.98. The van der Waals surface area contributed by atoms with Gasteiger partial charge in [0.25, 0.3) is 0 Å². The van der Waals surface area contributed by atoms with Crippen molar-refractivity contribution in [2.75, 3.05) is 26.2 Å². The lowest BCUT2D eigenvalue weighted by atomic mass is 9.95. The van der Waals surface area contributed by atoms with Gasteiger partial charge >= 0.3 is 0 Å². The summed E-state index contributed by atoms with van der Waals surface area (Å²) in [7, 11) is 0. The lowest BCUT2D eigenvalue weighted by Crippen LogP contribution is -2.49. The fourth-order valence-corrected chi connectivity index (χ4v) is 8.77. The van der Waals surface area contributed by atoms with Crippen molar-refractivity contribution in [1.29, 1.82) is 0 Å². The molecule has 7 rings (SSSR count). The smallest absolute Gasteiger partial charge is 0.0410 e. The molecule has 1 fully saturated rings. The molecular weight excluding hydrogens is 547 g/mol. The van der Waals surface area contributed by atoms with Crippen LogP contribution >= 0.6 is 46.7 Å². The van der Waals surface area contributed by atoms with Gasteiger partial charge in [-0.2, -0.15) is 0 Å². The van der Waals surface area contributed by atoms with Crippen molar-refractivity contribution in [1.82, 2.24) is 9.80 Å². The van der Waals surface area contributed by atoms with Gasteiger partial charge in [-0.25, -0.2) is 0 Å². The normalized spacial score (nSPS) is 21.4. The van der Waals surface area contributed by atoms with Crippen molar-refractivity contribution in [3.8, 4) is 0 Å². The number of benzene rings is 4. The molecule has 38 heavy (non-hydrogen) atoms. The van der Waals surface area contributed by atoms with E-state index in [0.29, 0.717) is 12.1 Å². The monoisotopic (exact) mass is 574 g/mol. The maximum atomic E-state index is 6.54. The molecule has 0 unspecified atom stereocenters. The number of rotatable bonds is 2. The Morgan fingerprint density at radius 2 is 0.947 bits per heavy atom. The quantitative estimate of drug-likeness (QED) is 0.236. The minimum Gasteiger partial charge on any atom is -0.293 e. The van der Waals surface area contributed by atoms with E-state index in [1.165, 1.54) is 41.8 Å². The molecule has 0 aromatic heterocycles. The number of hydrogen-bond donors (Lipinski definition) is 0. The molecule has 0 spiro atoms. The van der Waals surface area contributed by atoms with Crippen LogP contribution in [0.3, 0.4) is 0 Å². The van der Waals surface area contributed by atoms with Crippen LogP contribution in [-0.2, 0) is 12.8 Å². The summed E-state index contributed by atoms with van der Waals surface area (Å²) in [4.78, 5) is 10.8. The number of piperazine rings is 1. The second-order valence-corrected chi connectivity index (χ2v) is 13.3. The summed E-state index contributed by atoms with van der Waals surface area (Å²) in [6.45, 7) is 4.13. The zero-order chi connectivity index (χ0) is 25.6. The maximum absolute atomic E-state index is 6.54. The van der Waals surface area contributed by atoms with Crippen LogP contribution in [-0.4, -0.2) is 36.0 Å². The maximum Gasteiger partial charge on any atom is 0.0410 e. The highest BCUT2D eigenvalue weighted by Crippen LogP contribution is 2.46. The van der Waals surface area contributed by atoms with Crippen LogP contribution in [0.5, 0.6) is 0 Å². The van der Waals surface area contributed by atoms with E-state index in [9.17, 15) is 0 Å². The highest BCUT2D eigenvalue weighted by Gasteiger charge is 2.34. The van der Waals surface area contributed by atoms with Gasteiger partial charge in [-0.15, -0.1) is 0 Å². The molecule has 0 N–H and O–H groups in total. The Bertz CT molecular complexity index is 1390. The molecule has 192 valence electrons. The summed E-state index contributed by atoms with van der Waals surface area (Å²) < 4.78 is 0. The average molecular weight is 576 g/mol. The van der Waals surface area contributed by atoms with Crippen LogP contribution in [0.2, 0.25) is 10.0 Å². The second kappa shape index (κ2) is 10.6. The number of halogens is 2. The largest absolute Gasteiger partial charge is 0.293 e. The van der Waals surface area contributed by atoms with Gasteiger partial charge in [0.1, 0.15) is 0 Å². The third kappa shape index (κ3) is 4.81. The van der Waals surface area contributed by atoms with Crippen LogP contribution in [0.4, 0.5) is 0 Å². The van der Waals surface area contributed by atoms with Gasteiger partial charge in [0.2, 0.25) is 0 Å². The first-order valence-electron chi connectivity index (χ1n) is 13.2. The lowest BCUT2D eigenvalue weighted by molar-refractivity contribution is 0.0662. The Labute approximate surface area is 243 Å². The number of nitrogens with zero attached hydrogens (tertiary/aromatic N) is 2. The van der Waals surface area contributed by atoms with E-state index >= 15 is 0 Å². The molecule has 1 saturated heterocycles. The topological polar surface area (TPSA) is 6.48 Å². The minimum atomic E-state index is 0.328. The highest BCUT2D eigenvalue weighted by molar-refractivity contribution is 7.99. The lowest BCUT2D eigenvalue weighted by Gasteiger charge is -2.43. The Balaban J connectivity index is 1.18. The first-order chi connectivity index (χ1) is 18.6. The molecule has 2 atom stereocenters. The van der Waals surface area contributed by atoms with Crippen molar-refractivity contribution in [3.63, 3.8) is 0 Å². The van der Waals surface area contributed by atoms with E-state index in [0.717, 1.165) is 49.1 Å². The van der Waals surface area contributed by atoms with Gasteiger partial charge in [-0.3, -0.25) is 9.80 Å². The number of hydrogen-bond acceptors (Lipinski definition) is 4. The van der Waals surface area contributed by atoms with Crippen LogP contribution in [0.15, 0.2) is 105 Å². The molecule has 3 aliphatic heterocycles. The van der Waals surface area contributed by atoms with Crippen LogP contribution in [0, 0.1) is 0 Å². The van der Waals surface area contributed by atoms with Crippen LogP contribution in [0.1, 0.15) is 34.3 Å². The zero-order valence-corrected chi connectivity index (χ0v) is 24.1. The second-order valence-electron chi connectivity index (χ2n) is 10.3. The Morgan fingerprint density at radius 3 is 1.39 bits per heavy atom. The van der Waals surface area contributed by atoms with Crippen molar-refractivity contribution < 1.29 is 0 Å². The van der Waals surface area contributed by atoms with Gasteiger partial charge < -0.3 is 0 Å². The summed E-state index contributed by atoms with van der Waals surface area (Å²) in [6.07, 6.45) is 2.03. The average Bonchev–Trinajstić information content (AvgIpc) is 3.21. The van der Waals surface area contributed by atoms with E-state index in [1.807, 2.05) is 35.7 Å². The molecule has 6 heteroatoms. The summed E-state index contributed by atoms with van der Waals surface area (Å²) in [5.41, 5.74) is 5.59. The summed E-state index contributed by atoms with van der Waals surface area (Å²) >= 11 is 16.8. The highest BCUT2D eigenvalue weighted by atomic mass is 35.5. The van der Waals surface area contributed by atoms with Gasteiger partial charge in [-0.05, 0) is 83.6 Å². The molecule has 4 aromatic carbocycles. The van der Waals surface area contributed by atoms with Gasteiger partial charge in [-0.1, -0.05) is 83.1 Å². The molecule has 3 aliphatic rings. The summed E-state index contributed by atoms with van der Waals surface area (Å²) in [5.74, 6) is 0. The molecule has 0 saturated carbocycles. The Hall–Kier alpha value is -1.92. The Morgan fingerprint density at radius 1 is 0.526 bits per heavy atom. The predicted octanol–water partition coefficient (Wildman–Crippen LogP) is 8.81. The molecule has 0 bridgehead atoms. The molecule has 4 aromatic rings. The first-order valence-corrected chi connectivity index (χ1v) is 15.6. The third-order valence-corrected chi connectivity index (χ3v) is 11.0. The van der Waals surface area contributed by atoms with E-state index in [-0.39, 0.29) is 0 Å². The molecule has 0 aliphatic carbocycles. The first kappa shape index (κ1) is 25.1. The third-order valence-electron chi connectivity index (χ3n) is 8.10. The molecule has 3 heterocycles. The number of fused-ring (bicyclic) bond motifs is 4. The molecule has 0 radical (unpaired) electrons. The molecule has 0 amide bonds. The van der Waals surface area contributed by atoms with E-state index in [1.54, 1.807) is 0 Å². The fraction of sp³-hybridized carbons (Fsp3) is 0.250. The van der Waals surface area contributed by atoms with E-state index in [2.05, 4.69) is 82.6 Å². The summed E-state index contributed by atoms with van der Waals surface area (Å²) in [6, 6.07) is 31.2. The van der Waals surface area contributed by atoms with Crippen molar-refractivity contribution in [2.24, 2.45) is 0 Å².